The third kappa shape index (κ3) is 2.97. The quantitative estimate of drug-likeness (QED) is 0.601. The number of hydrogen-bond acceptors (Lipinski definition) is 3. The molecule has 25 heavy (non-hydrogen) atoms. The largest absolute Gasteiger partial charge is 0.321 e. The maximum absolute atomic E-state index is 12.9. The second-order valence-corrected chi connectivity index (χ2v) is 5.62. The van der Waals surface area contributed by atoms with Crippen molar-refractivity contribution < 1.29 is 4.79 Å². The maximum Gasteiger partial charge on any atom is 0.256 e. The fourth-order valence-electron chi connectivity index (χ4n) is 2.85. The van der Waals surface area contributed by atoms with E-state index in [4.69, 9.17) is 0 Å². The first-order chi connectivity index (χ1) is 12.3. The third-order valence-corrected chi connectivity index (χ3v) is 4.04. The molecule has 4 nitrogen and oxygen atoms in total. The summed E-state index contributed by atoms with van der Waals surface area (Å²) in [7, 11) is 0. The second-order valence-electron chi connectivity index (χ2n) is 5.62. The van der Waals surface area contributed by atoms with Gasteiger partial charge in [0.1, 0.15) is 0 Å². The van der Waals surface area contributed by atoms with E-state index in [1.54, 1.807) is 24.7 Å². The van der Waals surface area contributed by atoms with Crippen molar-refractivity contribution >= 4 is 22.5 Å². The van der Waals surface area contributed by atoms with Crippen LogP contribution in [-0.2, 0) is 0 Å². The van der Waals surface area contributed by atoms with E-state index >= 15 is 0 Å². The number of hydrogen-bond donors (Lipinski definition) is 1. The van der Waals surface area contributed by atoms with Crippen molar-refractivity contribution in [2.75, 3.05) is 5.32 Å². The number of nitrogens with one attached hydrogen (secondary N) is 1. The van der Waals surface area contributed by atoms with Crippen molar-refractivity contribution in [3.05, 3.63) is 90.9 Å². The Kier molecular flexibility index (Phi) is 3.92. The summed E-state index contributed by atoms with van der Waals surface area (Å²) < 4.78 is 0. The van der Waals surface area contributed by atoms with E-state index < -0.39 is 0 Å². The van der Waals surface area contributed by atoms with Crippen molar-refractivity contribution in [3.8, 4) is 11.1 Å². The van der Waals surface area contributed by atoms with Gasteiger partial charge in [-0.05, 0) is 24.3 Å². The maximum atomic E-state index is 12.9. The van der Waals surface area contributed by atoms with Gasteiger partial charge in [0.05, 0.1) is 11.1 Å². The van der Waals surface area contributed by atoms with Gasteiger partial charge >= 0.3 is 0 Å². The van der Waals surface area contributed by atoms with Gasteiger partial charge in [0.2, 0.25) is 0 Å². The lowest BCUT2D eigenvalue weighted by Crippen LogP contribution is -2.13. The summed E-state index contributed by atoms with van der Waals surface area (Å²) >= 11 is 0. The highest BCUT2D eigenvalue weighted by Gasteiger charge is 2.13. The molecule has 0 radical (unpaired) electrons. The number of nitrogens with zero attached hydrogens (tertiary/aromatic N) is 2. The Morgan fingerprint density at radius 1 is 0.840 bits per heavy atom. The van der Waals surface area contributed by atoms with Crippen molar-refractivity contribution in [2.45, 2.75) is 0 Å². The summed E-state index contributed by atoms with van der Waals surface area (Å²) in [5.74, 6) is -0.157. The molecule has 0 aliphatic heterocycles. The standard InChI is InChI=1S/C21H15N3O/c25-21(18-11-13-23-19-9-3-2-8-17(18)19)24-20-10-4-1-7-16(20)15-6-5-12-22-14-15/h1-14H,(H,24,25). The Morgan fingerprint density at radius 2 is 1.68 bits per heavy atom. The molecule has 4 rings (SSSR count). The Balaban J connectivity index is 1.72. The lowest BCUT2D eigenvalue weighted by atomic mass is 10.0. The highest BCUT2D eigenvalue weighted by Crippen LogP contribution is 2.28. The van der Waals surface area contributed by atoms with Gasteiger partial charge in [-0.15, -0.1) is 0 Å². The van der Waals surface area contributed by atoms with E-state index in [1.165, 1.54) is 0 Å². The number of para-hydroxylation sites is 2. The van der Waals surface area contributed by atoms with Crippen LogP contribution < -0.4 is 5.32 Å². The van der Waals surface area contributed by atoms with Gasteiger partial charge in [-0.2, -0.15) is 0 Å². The highest BCUT2D eigenvalue weighted by atomic mass is 16.1. The molecule has 0 fully saturated rings. The molecule has 120 valence electrons. The number of amides is 1. The number of benzene rings is 2. The first-order valence-electron chi connectivity index (χ1n) is 7.97. The van der Waals surface area contributed by atoms with E-state index in [0.717, 1.165) is 27.7 Å². The summed E-state index contributed by atoms with van der Waals surface area (Å²) in [5.41, 5.74) is 4.05. The van der Waals surface area contributed by atoms with Crippen molar-refractivity contribution in [2.24, 2.45) is 0 Å². The van der Waals surface area contributed by atoms with Crippen molar-refractivity contribution in [3.63, 3.8) is 0 Å². The van der Waals surface area contributed by atoms with Crippen molar-refractivity contribution in [1.82, 2.24) is 9.97 Å². The first kappa shape index (κ1) is 15.0. The average Bonchev–Trinajstić information content (AvgIpc) is 2.68. The van der Waals surface area contributed by atoms with Gasteiger partial charge in [-0.25, -0.2) is 0 Å². The number of anilines is 1. The van der Waals surface area contributed by atoms with E-state index in [-0.39, 0.29) is 5.91 Å². The molecule has 4 heteroatoms. The summed E-state index contributed by atoms with van der Waals surface area (Å²) in [6, 6.07) is 20.9. The van der Waals surface area contributed by atoms with E-state index in [1.807, 2.05) is 60.7 Å². The van der Waals surface area contributed by atoms with Crippen LogP contribution in [0, 0.1) is 0 Å². The Hall–Kier alpha value is -3.53. The molecule has 2 aromatic heterocycles. The zero-order valence-corrected chi connectivity index (χ0v) is 13.4. The molecule has 0 saturated carbocycles. The molecule has 0 bridgehead atoms. The molecule has 1 N–H and O–H groups in total. The fourth-order valence-corrected chi connectivity index (χ4v) is 2.85. The summed E-state index contributed by atoms with van der Waals surface area (Å²) in [5, 5.41) is 3.86. The minimum atomic E-state index is -0.157. The van der Waals surface area contributed by atoms with Crippen LogP contribution in [0.15, 0.2) is 85.3 Å². The normalized spacial score (nSPS) is 10.6. The lowest BCUT2D eigenvalue weighted by molar-refractivity contribution is 0.102. The van der Waals surface area contributed by atoms with Crippen LogP contribution in [0.1, 0.15) is 10.4 Å². The Labute approximate surface area is 145 Å². The van der Waals surface area contributed by atoms with Crippen molar-refractivity contribution in [1.29, 1.82) is 0 Å². The van der Waals surface area contributed by atoms with Crippen LogP contribution >= 0.6 is 0 Å². The molecule has 0 aliphatic rings. The van der Waals surface area contributed by atoms with E-state index in [2.05, 4.69) is 15.3 Å². The van der Waals surface area contributed by atoms with Gasteiger partial charge in [-0.1, -0.05) is 42.5 Å². The predicted octanol–water partition coefficient (Wildman–Crippen LogP) is 4.55. The molecule has 0 saturated heterocycles. The molecule has 0 spiro atoms. The second kappa shape index (κ2) is 6.53. The molecule has 1 amide bonds. The fraction of sp³-hybridized carbons (Fsp3) is 0. The molecule has 4 aromatic rings. The molecule has 0 unspecified atom stereocenters. The van der Waals surface area contributed by atoms with Gasteiger partial charge in [0.15, 0.2) is 0 Å². The van der Waals surface area contributed by atoms with Gasteiger partial charge in [0.25, 0.3) is 5.91 Å². The highest BCUT2D eigenvalue weighted by molar-refractivity contribution is 6.13. The first-order valence-corrected chi connectivity index (χ1v) is 7.97. The molecule has 2 aromatic carbocycles. The molecule has 0 atom stereocenters. The van der Waals surface area contributed by atoms with Crippen LogP contribution in [0.2, 0.25) is 0 Å². The number of fused-ring (bicyclic) bond motifs is 1. The summed E-state index contributed by atoms with van der Waals surface area (Å²) in [4.78, 5) is 21.3. The van der Waals surface area contributed by atoms with Gasteiger partial charge in [0, 0.05) is 40.8 Å². The number of pyridine rings is 2. The zero-order chi connectivity index (χ0) is 17.1. The Morgan fingerprint density at radius 3 is 2.56 bits per heavy atom. The summed E-state index contributed by atoms with van der Waals surface area (Å²) in [6.45, 7) is 0. The smallest absolute Gasteiger partial charge is 0.256 e. The van der Waals surface area contributed by atoms with Crippen LogP contribution in [0.5, 0.6) is 0 Å². The van der Waals surface area contributed by atoms with Gasteiger partial charge in [-0.3, -0.25) is 14.8 Å². The number of carbonyl (C=O) groups is 1. The number of aromatic nitrogens is 2. The number of rotatable bonds is 3. The van der Waals surface area contributed by atoms with Gasteiger partial charge < -0.3 is 5.32 Å². The summed E-state index contributed by atoms with van der Waals surface area (Å²) in [6.07, 6.45) is 5.17. The zero-order valence-electron chi connectivity index (χ0n) is 13.4. The monoisotopic (exact) mass is 325 g/mol. The SMILES string of the molecule is O=C(Nc1ccccc1-c1cccnc1)c1ccnc2ccccc12. The van der Waals surface area contributed by atoms with E-state index in [0.29, 0.717) is 5.56 Å². The van der Waals surface area contributed by atoms with Crippen LogP contribution in [0.4, 0.5) is 5.69 Å². The van der Waals surface area contributed by atoms with Crippen LogP contribution in [0.3, 0.4) is 0 Å². The van der Waals surface area contributed by atoms with Crippen LogP contribution in [-0.4, -0.2) is 15.9 Å². The molecular formula is C21H15N3O. The topological polar surface area (TPSA) is 54.9 Å². The molecular weight excluding hydrogens is 310 g/mol. The third-order valence-electron chi connectivity index (χ3n) is 4.04. The minimum absolute atomic E-state index is 0.157. The minimum Gasteiger partial charge on any atom is -0.321 e. The van der Waals surface area contributed by atoms with Crippen LogP contribution in [0.25, 0.3) is 22.0 Å². The average molecular weight is 325 g/mol. The Bertz CT molecular complexity index is 1040. The number of carbonyl (C=O) groups excluding carboxylic acids is 1. The van der Waals surface area contributed by atoms with E-state index in [9.17, 15) is 4.79 Å². The lowest BCUT2D eigenvalue weighted by Gasteiger charge is -2.12. The molecule has 2 heterocycles. The predicted molar refractivity (Wildman–Crippen MR) is 99.4 cm³/mol. The molecule has 0 aliphatic carbocycles.